The summed E-state index contributed by atoms with van der Waals surface area (Å²) in [5, 5.41) is 12.0. The molecule has 0 saturated carbocycles. The molecule has 0 aromatic heterocycles. The highest BCUT2D eigenvalue weighted by atomic mass is 16.5. The predicted molar refractivity (Wildman–Crippen MR) is 87.3 cm³/mol. The standard InChI is InChI=1S/C17H26N2O4/c1-17(2,3)14(10-20)19-16(22)13(18)9-15(21)23-11-12-7-5-4-6-8-12/h4-8,13-14,20H,9-11,18H2,1-3H3,(H,19,22). The average Bonchev–Trinajstić information content (AvgIpc) is 2.50. The highest BCUT2D eigenvalue weighted by Gasteiger charge is 2.28. The zero-order valence-electron chi connectivity index (χ0n) is 13.9. The molecule has 23 heavy (non-hydrogen) atoms. The van der Waals surface area contributed by atoms with Crippen molar-refractivity contribution in [2.45, 2.75) is 45.9 Å². The fourth-order valence-corrected chi connectivity index (χ4v) is 1.88. The van der Waals surface area contributed by atoms with Crippen LogP contribution >= 0.6 is 0 Å². The second kappa shape index (κ2) is 8.64. The molecule has 1 aromatic rings. The fourth-order valence-electron chi connectivity index (χ4n) is 1.88. The molecule has 4 N–H and O–H groups in total. The molecule has 0 fully saturated rings. The molecule has 1 rings (SSSR count). The summed E-state index contributed by atoms with van der Waals surface area (Å²) in [6.07, 6.45) is -0.207. The van der Waals surface area contributed by atoms with E-state index in [2.05, 4.69) is 5.32 Å². The van der Waals surface area contributed by atoms with Crippen molar-refractivity contribution >= 4 is 11.9 Å². The van der Waals surface area contributed by atoms with Gasteiger partial charge in [0.05, 0.1) is 25.1 Å². The van der Waals surface area contributed by atoms with E-state index >= 15 is 0 Å². The van der Waals surface area contributed by atoms with E-state index in [1.807, 2.05) is 51.1 Å². The third-order valence-electron chi connectivity index (χ3n) is 3.51. The first-order valence-corrected chi connectivity index (χ1v) is 7.60. The van der Waals surface area contributed by atoms with Gasteiger partial charge in [0.2, 0.25) is 5.91 Å². The lowest BCUT2D eigenvalue weighted by molar-refractivity contribution is -0.146. The summed E-state index contributed by atoms with van der Waals surface area (Å²) in [4.78, 5) is 23.8. The minimum Gasteiger partial charge on any atom is -0.461 e. The van der Waals surface area contributed by atoms with Crippen molar-refractivity contribution in [3.63, 3.8) is 0 Å². The van der Waals surface area contributed by atoms with Crippen molar-refractivity contribution < 1.29 is 19.4 Å². The van der Waals surface area contributed by atoms with Crippen LogP contribution in [0.2, 0.25) is 0 Å². The number of ether oxygens (including phenoxy) is 1. The van der Waals surface area contributed by atoms with Gasteiger partial charge in [-0.05, 0) is 11.0 Å². The quantitative estimate of drug-likeness (QED) is 0.649. The molecule has 0 bridgehead atoms. The first-order chi connectivity index (χ1) is 10.7. The van der Waals surface area contributed by atoms with Gasteiger partial charge < -0.3 is 20.9 Å². The number of carbonyl (C=O) groups is 2. The number of rotatable bonds is 7. The Bertz CT molecular complexity index is 511. The van der Waals surface area contributed by atoms with Crippen LogP contribution in [0.1, 0.15) is 32.8 Å². The van der Waals surface area contributed by atoms with E-state index in [9.17, 15) is 14.7 Å². The molecule has 0 aliphatic heterocycles. The number of nitrogens with one attached hydrogen (secondary N) is 1. The van der Waals surface area contributed by atoms with Gasteiger partial charge in [0.15, 0.2) is 0 Å². The normalized spacial score (nSPS) is 14.0. The minimum absolute atomic E-state index is 0.148. The summed E-state index contributed by atoms with van der Waals surface area (Å²) in [7, 11) is 0. The van der Waals surface area contributed by atoms with Gasteiger partial charge in [0.25, 0.3) is 0 Å². The number of esters is 1. The molecule has 1 amide bonds. The monoisotopic (exact) mass is 322 g/mol. The fraction of sp³-hybridized carbons (Fsp3) is 0.529. The molecule has 6 heteroatoms. The Kier molecular flexibility index (Phi) is 7.19. The van der Waals surface area contributed by atoms with Gasteiger partial charge in [-0.15, -0.1) is 0 Å². The van der Waals surface area contributed by atoms with Crippen LogP contribution in [0.5, 0.6) is 0 Å². The number of amides is 1. The third kappa shape index (κ3) is 6.80. The number of aliphatic hydroxyl groups excluding tert-OH is 1. The molecule has 2 unspecified atom stereocenters. The molecule has 0 aliphatic rings. The summed E-state index contributed by atoms with van der Waals surface area (Å²) in [6, 6.07) is 7.83. The predicted octanol–water partition coefficient (Wildman–Crippen LogP) is 0.970. The van der Waals surface area contributed by atoms with E-state index < -0.39 is 24.0 Å². The molecule has 1 aromatic carbocycles. The smallest absolute Gasteiger partial charge is 0.308 e. The van der Waals surface area contributed by atoms with Crippen LogP contribution < -0.4 is 11.1 Å². The highest BCUT2D eigenvalue weighted by Crippen LogP contribution is 2.18. The van der Waals surface area contributed by atoms with Crippen LogP contribution in [0.3, 0.4) is 0 Å². The molecule has 0 saturated heterocycles. The molecule has 0 heterocycles. The maximum atomic E-state index is 12.0. The van der Waals surface area contributed by atoms with Crippen LogP contribution in [0.25, 0.3) is 0 Å². The van der Waals surface area contributed by atoms with Crippen LogP contribution in [0, 0.1) is 5.41 Å². The third-order valence-corrected chi connectivity index (χ3v) is 3.51. The van der Waals surface area contributed by atoms with Crippen LogP contribution in [0.4, 0.5) is 0 Å². The number of nitrogens with two attached hydrogens (primary N) is 1. The first-order valence-electron chi connectivity index (χ1n) is 7.60. The Morgan fingerprint density at radius 1 is 1.26 bits per heavy atom. The van der Waals surface area contributed by atoms with E-state index in [4.69, 9.17) is 10.5 Å². The molecular formula is C17H26N2O4. The first kappa shape index (κ1) is 19.1. The Morgan fingerprint density at radius 3 is 2.39 bits per heavy atom. The minimum atomic E-state index is -1.00. The lowest BCUT2D eigenvalue weighted by atomic mass is 9.87. The van der Waals surface area contributed by atoms with Crippen molar-refractivity contribution in [1.82, 2.24) is 5.32 Å². The van der Waals surface area contributed by atoms with Gasteiger partial charge >= 0.3 is 5.97 Å². The van der Waals surface area contributed by atoms with Gasteiger partial charge in [-0.25, -0.2) is 0 Å². The molecule has 0 aliphatic carbocycles. The van der Waals surface area contributed by atoms with E-state index in [0.717, 1.165) is 5.56 Å². The Hall–Kier alpha value is -1.92. The van der Waals surface area contributed by atoms with Crippen molar-refractivity contribution in [3.8, 4) is 0 Å². The van der Waals surface area contributed by atoms with Crippen LogP contribution in [0.15, 0.2) is 30.3 Å². The van der Waals surface area contributed by atoms with E-state index in [1.54, 1.807) is 0 Å². The maximum Gasteiger partial charge on any atom is 0.308 e. The highest BCUT2D eigenvalue weighted by molar-refractivity contribution is 5.86. The number of benzene rings is 1. The Balaban J connectivity index is 2.43. The summed E-state index contributed by atoms with van der Waals surface area (Å²) < 4.78 is 5.10. The van der Waals surface area contributed by atoms with Crippen molar-refractivity contribution in [2.75, 3.05) is 6.61 Å². The second-order valence-corrected chi connectivity index (χ2v) is 6.57. The van der Waals surface area contributed by atoms with Gasteiger partial charge in [0.1, 0.15) is 6.61 Å². The lowest BCUT2D eigenvalue weighted by Gasteiger charge is -2.30. The van der Waals surface area contributed by atoms with Crippen molar-refractivity contribution in [2.24, 2.45) is 11.1 Å². The molecule has 6 nitrogen and oxygen atoms in total. The topological polar surface area (TPSA) is 102 Å². The summed E-state index contributed by atoms with van der Waals surface area (Å²) in [5.41, 5.74) is 6.30. The number of aliphatic hydroxyl groups is 1. The van der Waals surface area contributed by atoms with Gasteiger partial charge in [-0.3, -0.25) is 9.59 Å². The van der Waals surface area contributed by atoms with Crippen LogP contribution in [-0.2, 0) is 20.9 Å². The molecule has 0 spiro atoms. The maximum absolute atomic E-state index is 12.0. The van der Waals surface area contributed by atoms with E-state index in [-0.39, 0.29) is 25.0 Å². The second-order valence-electron chi connectivity index (χ2n) is 6.57. The lowest BCUT2D eigenvalue weighted by Crippen LogP contribution is -2.52. The summed E-state index contributed by atoms with van der Waals surface area (Å²) in [5.74, 6) is -1.01. The molecule has 128 valence electrons. The average molecular weight is 322 g/mol. The van der Waals surface area contributed by atoms with Gasteiger partial charge in [-0.2, -0.15) is 0 Å². The van der Waals surface area contributed by atoms with E-state index in [1.165, 1.54) is 0 Å². The number of hydrogen-bond acceptors (Lipinski definition) is 5. The van der Waals surface area contributed by atoms with Gasteiger partial charge in [0, 0.05) is 0 Å². The van der Waals surface area contributed by atoms with Crippen molar-refractivity contribution in [3.05, 3.63) is 35.9 Å². The molecule has 2 atom stereocenters. The summed E-state index contributed by atoms with van der Waals surface area (Å²) in [6.45, 7) is 5.64. The van der Waals surface area contributed by atoms with E-state index in [0.29, 0.717) is 0 Å². The Labute approximate surface area is 137 Å². The largest absolute Gasteiger partial charge is 0.461 e. The van der Waals surface area contributed by atoms with Crippen LogP contribution in [-0.4, -0.2) is 35.7 Å². The zero-order chi connectivity index (χ0) is 17.5. The SMILES string of the molecule is CC(C)(C)C(CO)NC(=O)C(N)CC(=O)OCc1ccccc1. The summed E-state index contributed by atoms with van der Waals surface area (Å²) >= 11 is 0. The zero-order valence-corrected chi connectivity index (χ0v) is 13.9. The number of hydrogen-bond donors (Lipinski definition) is 3. The Morgan fingerprint density at radius 2 is 1.87 bits per heavy atom. The molecular weight excluding hydrogens is 296 g/mol. The van der Waals surface area contributed by atoms with Crippen molar-refractivity contribution in [1.29, 1.82) is 0 Å². The van der Waals surface area contributed by atoms with Gasteiger partial charge in [-0.1, -0.05) is 51.1 Å². The molecule has 0 radical (unpaired) electrons. The number of carbonyl (C=O) groups excluding carboxylic acids is 2.